The molecule has 1 N–H and O–H groups in total. The third-order valence-corrected chi connectivity index (χ3v) is 10.1. The van der Waals surface area contributed by atoms with Crippen molar-refractivity contribution in [1.82, 2.24) is 10.2 Å². The van der Waals surface area contributed by atoms with Crippen LogP contribution in [-0.2, 0) is 32.6 Å². The van der Waals surface area contributed by atoms with Crippen molar-refractivity contribution in [3.8, 4) is 11.5 Å². The van der Waals surface area contributed by atoms with Crippen molar-refractivity contribution in [3.63, 3.8) is 0 Å². The zero-order valence-corrected chi connectivity index (χ0v) is 29.3. The first kappa shape index (κ1) is 36.3. The minimum Gasteiger partial charge on any atom is -0.493 e. The molecule has 0 aliphatic rings. The number of rotatable bonds is 16. The molecule has 0 unspecified atom stereocenters. The molecule has 0 aliphatic heterocycles. The van der Waals surface area contributed by atoms with Gasteiger partial charge in [0, 0.05) is 30.6 Å². The maximum Gasteiger partial charge on any atom is 0.264 e. The Morgan fingerprint density at radius 3 is 2.19 bits per heavy atom. The number of nitrogens with one attached hydrogen (secondary N) is 1. The SMILES string of the molecule is CCCCNC(=O)[C@H](Cc1ccccc1)N(Cc1ccccc1C)C(=O)CN(c1ccc(Cl)cc1)S(=O)(=O)c1ccc(OC)c(OC)c1. The van der Waals surface area contributed by atoms with Crippen LogP contribution in [0.1, 0.15) is 36.5 Å². The number of benzene rings is 4. The minimum atomic E-state index is -4.35. The van der Waals surface area contributed by atoms with Gasteiger partial charge >= 0.3 is 0 Å². The lowest BCUT2D eigenvalue weighted by Crippen LogP contribution is -2.53. The molecule has 4 aromatic rings. The van der Waals surface area contributed by atoms with Gasteiger partial charge in [0.05, 0.1) is 24.8 Å². The summed E-state index contributed by atoms with van der Waals surface area (Å²) in [4.78, 5) is 29.9. The lowest BCUT2D eigenvalue weighted by atomic mass is 10.0. The summed E-state index contributed by atoms with van der Waals surface area (Å²) in [5.74, 6) is -0.291. The monoisotopic (exact) mass is 691 g/mol. The van der Waals surface area contributed by atoms with Crippen molar-refractivity contribution in [3.05, 3.63) is 119 Å². The van der Waals surface area contributed by atoms with E-state index in [1.54, 1.807) is 24.3 Å². The van der Waals surface area contributed by atoms with Crippen LogP contribution in [0.4, 0.5) is 5.69 Å². The average molecular weight is 692 g/mol. The first-order chi connectivity index (χ1) is 23.1. The van der Waals surface area contributed by atoms with Crippen LogP contribution >= 0.6 is 11.6 Å². The van der Waals surface area contributed by atoms with E-state index in [2.05, 4.69) is 5.32 Å². The first-order valence-electron chi connectivity index (χ1n) is 15.7. The zero-order valence-electron chi connectivity index (χ0n) is 27.7. The number of methoxy groups -OCH3 is 2. The van der Waals surface area contributed by atoms with Gasteiger partial charge in [0.25, 0.3) is 10.0 Å². The minimum absolute atomic E-state index is 0.0923. The highest BCUT2D eigenvalue weighted by atomic mass is 35.5. The number of amides is 2. The van der Waals surface area contributed by atoms with Gasteiger partial charge in [-0.25, -0.2) is 8.42 Å². The van der Waals surface area contributed by atoms with Crippen LogP contribution in [0.2, 0.25) is 5.02 Å². The number of carbonyl (C=O) groups is 2. The molecule has 0 saturated carbocycles. The van der Waals surface area contributed by atoms with Crippen molar-refractivity contribution in [2.24, 2.45) is 0 Å². The second kappa shape index (κ2) is 17.0. The Balaban J connectivity index is 1.82. The molecule has 0 heterocycles. The summed E-state index contributed by atoms with van der Waals surface area (Å²) >= 11 is 6.17. The number of carbonyl (C=O) groups excluding carboxylic acids is 2. The van der Waals surface area contributed by atoms with E-state index in [1.807, 2.05) is 68.4 Å². The van der Waals surface area contributed by atoms with Crippen LogP contribution in [0.15, 0.2) is 102 Å². The molecule has 0 aliphatic carbocycles. The predicted molar refractivity (Wildman–Crippen MR) is 189 cm³/mol. The third-order valence-electron chi connectivity index (χ3n) is 8.04. The number of nitrogens with zero attached hydrogens (tertiary/aromatic N) is 2. The quantitative estimate of drug-likeness (QED) is 0.136. The van der Waals surface area contributed by atoms with Gasteiger partial charge in [0.1, 0.15) is 12.6 Å². The van der Waals surface area contributed by atoms with E-state index in [-0.39, 0.29) is 35.2 Å². The summed E-state index contributed by atoms with van der Waals surface area (Å²) in [6.07, 6.45) is 1.91. The van der Waals surface area contributed by atoms with E-state index in [0.29, 0.717) is 17.3 Å². The molecule has 0 radical (unpaired) electrons. The van der Waals surface area contributed by atoms with Gasteiger partial charge in [0.2, 0.25) is 11.8 Å². The number of hydrogen-bond acceptors (Lipinski definition) is 6. The van der Waals surface area contributed by atoms with Crippen molar-refractivity contribution >= 4 is 39.1 Å². The van der Waals surface area contributed by atoms with Crippen LogP contribution in [0.25, 0.3) is 0 Å². The molecule has 0 fully saturated rings. The molecule has 0 saturated heterocycles. The number of halogens is 1. The van der Waals surface area contributed by atoms with Gasteiger partial charge < -0.3 is 19.7 Å². The molecule has 0 bridgehead atoms. The van der Waals surface area contributed by atoms with E-state index in [4.69, 9.17) is 21.1 Å². The molecule has 1 atom stereocenters. The number of hydrogen-bond donors (Lipinski definition) is 1. The second-order valence-electron chi connectivity index (χ2n) is 11.3. The molecular formula is C37H42ClN3O6S. The molecule has 2 amide bonds. The van der Waals surface area contributed by atoms with Gasteiger partial charge in [-0.15, -0.1) is 0 Å². The fourth-order valence-corrected chi connectivity index (χ4v) is 6.83. The van der Waals surface area contributed by atoms with Crippen LogP contribution in [-0.4, -0.2) is 58.5 Å². The van der Waals surface area contributed by atoms with Crippen LogP contribution in [0.5, 0.6) is 11.5 Å². The number of ether oxygens (including phenoxy) is 2. The Morgan fingerprint density at radius 1 is 0.875 bits per heavy atom. The number of sulfonamides is 1. The summed E-state index contributed by atoms with van der Waals surface area (Å²) in [5, 5.41) is 3.41. The van der Waals surface area contributed by atoms with Crippen molar-refractivity contribution < 1.29 is 27.5 Å². The maximum absolute atomic E-state index is 14.6. The Hall–Kier alpha value is -4.54. The summed E-state index contributed by atoms with van der Waals surface area (Å²) in [6, 6.07) is 26.6. The van der Waals surface area contributed by atoms with Crippen LogP contribution in [0.3, 0.4) is 0 Å². The van der Waals surface area contributed by atoms with Crippen molar-refractivity contribution in [1.29, 1.82) is 0 Å². The molecule has 4 rings (SSSR count). The van der Waals surface area contributed by atoms with E-state index in [0.717, 1.165) is 33.8 Å². The van der Waals surface area contributed by atoms with Gasteiger partial charge in [-0.05, 0) is 66.4 Å². The summed E-state index contributed by atoms with van der Waals surface area (Å²) < 4.78 is 40.5. The topological polar surface area (TPSA) is 105 Å². The van der Waals surface area contributed by atoms with Crippen molar-refractivity contribution in [2.45, 2.75) is 50.6 Å². The summed E-state index contributed by atoms with van der Waals surface area (Å²) in [6.45, 7) is 3.93. The smallest absolute Gasteiger partial charge is 0.264 e. The molecule has 11 heteroatoms. The first-order valence-corrected chi connectivity index (χ1v) is 17.6. The Morgan fingerprint density at radius 2 is 1.54 bits per heavy atom. The van der Waals surface area contributed by atoms with E-state index in [9.17, 15) is 18.0 Å². The molecule has 254 valence electrons. The fraction of sp³-hybridized carbons (Fsp3) is 0.297. The van der Waals surface area contributed by atoms with E-state index < -0.39 is 28.5 Å². The van der Waals surface area contributed by atoms with E-state index >= 15 is 0 Å². The van der Waals surface area contributed by atoms with Gasteiger partial charge in [0.15, 0.2) is 11.5 Å². The lowest BCUT2D eigenvalue weighted by Gasteiger charge is -2.34. The Bertz CT molecular complexity index is 1780. The van der Waals surface area contributed by atoms with Crippen LogP contribution < -0.4 is 19.1 Å². The average Bonchev–Trinajstić information content (AvgIpc) is 3.09. The standard InChI is InChI=1S/C37H42ClN3O6S/c1-5-6-22-39-37(43)33(23-28-13-8-7-9-14-28)40(25-29-15-11-10-12-27(29)2)36(42)26-41(31-18-16-30(38)17-19-31)48(44,45)32-20-21-34(46-3)35(24-32)47-4/h7-21,24,33H,5-6,22-23,25-26H2,1-4H3,(H,39,43)/t33-/m0/s1. The fourth-order valence-electron chi connectivity index (χ4n) is 5.27. The highest BCUT2D eigenvalue weighted by molar-refractivity contribution is 7.92. The number of unbranched alkanes of at least 4 members (excludes halogenated alkanes) is 1. The number of anilines is 1. The summed E-state index contributed by atoms with van der Waals surface area (Å²) in [5.41, 5.74) is 2.87. The predicted octanol–water partition coefficient (Wildman–Crippen LogP) is 6.42. The maximum atomic E-state index is 14.6. The highest BCUT2D eigenvalue weighted by Gasteiger charge is 2.35. The highest BCUT2D eigenvalue weighted by Crippen LogP contribution is 2.33. The molecule has 0 aromatic heterocycles. The third kappa shape index (κ3) is 9.08. The molecule has 9 nitrogen and oxygen atoms in total. The summed E-state index contributed by atoms with van der Waals surface area (Å²) in [7, 11) is -1.48. The molecule has 4 aromatic carbocycles. The molecule has 0 spiro atoms. The second-order valence-corrected chi connectivity index (χ2v) is 13.6. The molecular weight excluding hydrogens is 650 g/mol. The Kier molecular flexibility index (Phi) is 12.9. The number of aryl methyl sites for hydroxylation is 1. The largest absolute Gasteiger partial charge is 0.493 e. The van der Waals surface area contributed by atoms with Gasteiger partial charge in [-0.2, -0.15) is 0 Å². The normalized spacial score (nSPS) is 11.8. The lowest BCUT2D eigenvalue weighted by molar-refractivity contribution is -0.140. The molecule has 48 heavy (non-hydrogen) atoms. The van der Waals surface area contributed by atoms with Gasteiger partial charge in [-0.1, -0.05) is 79.5 Å². The zero-order chi connectivity index (χ0) is 34.7. The van der Waals surface area contributed by atoms with Crippen molar-refractivity contribution in [2.75, 3.05) is 31.6 Å². The Labute approximate surface area is 288 Å². The van der Waals surface area contributed by atoms with E-state index in [1.165, 1.54) is 37.3 Å². The van der Waals surface area contributed by atoms with Gasteiger partial charge in [-0.3, -0.25) is 13.9 Å². The van der Waals surface area contributed by atoms with Crippen LogP contribution in [0, 0.1) is 6.92 Å².